The van der Waals surface area contributed by atoms with Gasteiger partial charge in [0.15, 0.2) is 0 Å². The summed E-state index contributed by atoms with van der Waals surface area (Å²) < 4.78 is 0. The smallest absolute Gasteiger partial charge is 0.253 e. The number of para-hydroxylation sites is 1. The number of anilines is 1. The van der Waals surface area contributed by atoms with E-state index in [1.54, 1.807) is 12.1 Å². The van der Waals surface area contributed by atoms with Crippen molar-refractivity contribution < 1.29 is 9.90 Å². The summed E-state index contributed by atoms with van der Waals surface area (Å²) in [6, 6.07) is 4.61. The number of phenols is 1. The first-order chi connectivity index (χ1) is 6.81. The van der Waals surface area contributed by atoms with Gasteiger partial charge in [-0.15, -0.1) is 0 Å². The number of nitrogens with one attached hydrogen (secondary N) is 1. The van der Waals surface area contributed by atoms with E-state index >= 15 is 0 Å². The summed E-state index contributed by atoms with van der Waals surface area (Å²) in [6.45, 7) is 5.64. The number of hydrogen-bond donors (Lipinski definition) is 3. The molecule has 0 saturated carbocycles. The van der Waals surface area contributed by atoms with Crippen molar-refractivity contribution in [2.24, 2.45) is 0 Å². The van der Waals surface area contributed by atoms with Gasteiger partial charge in [0, 0.05) is 5.54 Å². The molecule has 0 spiro atoms. The van der Waals surface area contributed by atoms with Crippen molar-refractivity contribution in [2.75, 3.05) is 5.73 Å². The van der Waals surface area contributed by atoms with Crippen molar-refractivity contribution in [1.29, 1.82) is 0 Å². The van der Waals surface area contributed by atoms with Crippen LogP contribution in [0.15, 0.2) is 18.2 Å². The number of phenolic OH excluding ortho intramolecular Hbond substituents is 1. The van der Waals surface area contributed by atoms with Crippen LogP contribution in [0.2, 0.25) is 0 Å². The third-order valence-electron chi connectivity index (χ3n) is 1.82. The summed E-state index contributed by atoms with van der Waals surface area (Å²) in [5.74, 6) is -0.354. The maximum absolute atomic E-state index is 11.7. The minimum atomic E-state index is -0.324. The van der Waals surface area contributed by atoms with Crippen LogP contribution in [0.3, 0.4) is 0 Å². The van der Waals surface area contributed by atoms with Gasteiger partial charge in [-0.25, -0.2) is 0 Å². The molecule has 1 rings (SSSR count). The highest BCUT2D eigenvalue weighted by Crippen LogP contribution is 2.23. The summed E-state index contributed by atoms with van der Waals surface area (Å²) in [5.41, 5.74) is 5.67. The van der Waals surface area contributed by atoms with E-state index in [0.29, 0.717) is 5.56 Å². The average Bonchev–Trinajstić information content (AvgIpc) is 2.06. The van der Waals surface area contributed by atoms with Crippen LogP contribution < -0.4 is 11.1 Å². The highest BCUT2D eigenvalue weighted by Gasteiger charge is 2.17. The number of hydrogen-bond acceptors (Lipinski definition) is 3. The Kier molecular flexibility index (Phi) is 2.88. The largest absolute Gasteiger partial charge is 0.506 e. The molecule has 0 unspecified atom stereocenters. The van der Waals surface area contributed by atoms with Gasteiger partial charge >= 0.3 is 0 Å². The predicted molar refractivity (Wildman–Crippen MR) is 59.7 cm³/mol. The first kappa shape index (κ1) is 11.4. The Bertz CT molecular complexity index is 381. The normalized spacial score (nSPS) is 11.1. The Labute approximate surface area is 89.1 Å². The Morgan fingerprint density at radius 1 is 1.40 bits per heavy atom. The summed E-state index contributed by atoms with van der Waals surface area (Å²) in [7, 11) is 0. The molecule has 1 amide bonds. The number of carbonyl (C=O) groups excluding carboxylic acids is 1. The molecule has 0 atom stereocenters. The van der Waals surface area contributed by atoms with Crippen molar-refractivity contribution in [3.63, 3.8) is 0 Å². The molecule has 1 aromatic rings. The van der Waals surface area contributed by atoms with Gasteiger partial charge in [0.1, 0.15) is 5.75 Å². The molecule has 0 aromatic heterocycles. The first-order valence-electron chi connectivity index (χ1n) is 4.71. The Hall–Kier alpha value is -1.71. The van der Waals surface area contributed by atoms with E-state index in [9.17, 15) is 9.90 Å². The van der Waals surface area contributed by atoms with Crippen LogP contribution in [0.25, 0.3) is 0 Å². The van der Waals surface area contributed by atoms with Crippen molar-refractivity contribution >= 4 is 11.6 Å². The summed E-state index contributed by atoms with van der Waals surface area (Å²) >= 11 is 0. The molecular formula is C11H16N2O2. The molecule has 82 valence electrons. The fraction of sp³-hybridized carbons (Fsp3) is 0.364. The Morgan fingerprint density at radius 3 is 2.53 bits per heavy atom. The fourth-order valence-corrected chi connectivity index (χ4v) is 1.16. The number of nitrogen functional groups attached to an aromatic ring is 1. The summed E-state index contributed by atoms with van der Waals surface area (Å²) in [6.07, 6.45) is 0. The van der Waals surface area contributed by atoms with Gasteiger partial charge in [0.05, 0.1) is 11.3 Å². The second kappa shape index (κ2) is 3.81. The lowest BCUT2D eigenvalue weighted by Gasteiger charge is -2.21. The average molecular weight is 208 g/mol. The second-order valence-corrected chi connectivity index (χ2v) is 4.44. The first-order valence-corrected chi connectivity index (χ1v) is 4.71. The van der Waals surface area contributed by atoms with E-state index in [4.69, 9.17) is 5.73 Å². The molecule has 4 nitrogen and oxygen atoms in total. The quantitative estimate of drug-likeness (QED) is 0.483. The highest BCUT2D eigenvalue weighted by atomic mass is 16.3. The highest BCUT2D eigenvalue weighted by molar-refractivity contribution is 6.00. The number of nitrogens with two attached hydrogens (primary N) is 1. The van der Waals surface area contributed by atoms with Gasteiger partial charge < -0.3 is 16.2 Å². The number of benzene rings is 1. The van der Waals surface area contributed by atoms with E-state index in [2.05, 4.69) is 5.32 Å². The maximum atomic E-state index is 11.7. The van der Waals surface area contributed by atoms with Crippen molar-refractivity contribution in [2.45, 2.75) is 26.3 Å². The van der Waals surface area contributed by atoms with E-state index < -0.39 is 0 Å². The van der Waals surface area contributed by atoms with Crippen LogP contribution in [0.4, 0.5) is 5.69 Å². The van der Waals surface area contributed by atoms with Crippen LogP contribution in [0.1, 0.15) is 31.1 Å². The molecule has 4 heteroatoms. The van der Waals surface area contributed by atoms with Crippen molar-refractivity contribution in [3.8, 4) is 5.75 Å². The van der Waals surface area contributed by atoms with E-state index in [1.807, 2.05) is 20.8 Å². The van der Waals surface area contributed by atoms with Crippen molar-refractivity contribution in [3.05, 3.63) is 23.8 Å². The van der Waals surface area contributed by atoms with Crippen LogP contribution >= 0.6 is 0 Å². The summed E-state index contributed by atoms with van der Waals surface area (Å²) in [5, 5.41) is 12.1. The standard InChI is InChI=1S/C11H16N2O2/c1-11(2,3)13-10(15)7-5-4-6-8(14)9(7)12/h4-6,14H,12H2,1-3H3,(H,13,15). The van der Waals surface area contributed by atoms with E-state index in [1.165, 1.54) is 6.07 Å². The molecule has 0 bridgehead atoms. The zero-order valence-corrected chi connectivity index (χ0v) is 9.16. The Morgan fingerprint density at radius 2 is 2.00 bits per heavy atom. The maximum Gasteiger partial charge on any atom is 0.253 e. The van der Waals surface area contributed by atoms with Crippen LogP contribution in [0.5, 0.6) is 5.75 Å². The molecule has 0 heterocycles. The number of amides is 1. The van der Waals surface area contributed by atoms with Gasteiger partial charge in [0.25, 0.3) is 5.91 Å². The second-order valence-electron chi connectivity index (χ2n) is 4.44. The molecule has 0 saturated heterocycles. The van der Waals surface area contributed by atoms with Crippen molar-refractivity contribution in [1.82, 2.24) is 5.32 Å². The fourth-order valence-electron chi connectivity index (χ4n) is 1.16. The number of aromatic hydroxyl groups is 1. The van der Waals surface area contributed by atoms with Gasteiger partial charge in [-0.1, -0.05) is 6.07 Å². The lowest BCUT2D eigenvalue weighted by atomic mass is 10.1. The van der Waals surface area contributed by atoms with Gasteiger partial charge in [-0.05, 0) is 32.9 Å². The van der Waals surface area contributed by atoms with E-state index in [0.717, 1.165) is 0 Å². The van der Waals surface area contributed by atoms with Crippen LogP contribution in [-0.2, 0) is 0 Å². The molecule has 0 aliphatic carbocycles. The Balaban J connectivity index is 2.97. The SMILES string of the molecule is CC(C)(C)NC(=O)c1cccc(O)c1N. The van der Waals surface area contributed by atoms with Gasteiger partial charge in [-0.2, -0.15) is 0 Å². The lowest BCUT2D eigenvalue weighted by Crippen LogP contribution is -2.40. The molecule has 0 aliphatic heterocycles. The number of rotatable bonds is 1. The third kappa shape index (κ3) is 2.87. The summed E-state index contributed by atoms with van der Waals surface area (Å²) in [4.78, 5) is 11.7. The van der Waals surface area contributed by atoms with Crippen LogP contribution in [0, 0.1) is 0 Å². The zero-order valence-electron chi connectivity index (χ0n) is 9.16. The molecule has 4 N–H and O–H groups in total. The zero-order chi connectivity index (χ0) is 11.6. The molecular weight excluding hydrogens is 192 g/mol. The molecule has 0 radical (unpaired) electrons. The topological polar surface area (TPSA) is 75.3 Å². The minimum absolute atomic E-state index is 0.0726. The monoisotopic (exact) mass is 208 g/mol. The lowest BCUT2D eigenvalue weighted by molar-refractivity contribution is 0.0920. The molecule has 0 fully saturated rings. The molecule has 0 aliphatic rings. The number of carbonyl (C=O) groups is 1. The third-order valence-corrected chi connectivity index (χ3v) is 1.82. The van der Waals surface area contributed by atoms with E-state index in [-0.39, 0.29) is 22.9 Å². The molecule has 1 aromatic carbocycles. The minimum Gasteiger partial charge on any atom is -0.506 e. The van der Waals surface area contributed by atoms with Gasteiger partial charge in [-0.3, -0.25) is 4.79 Å². The predicted octanol–water partition coefficient (Wildman–Crippen LogP) is 1.50. The van der Waals surface area contributed by atoms with Crippen LogP contribution in [-0.4, -0.2) is 16.6 Å². The molecule has 15 heavy (non-hydrogen) atoms. The van der Waals surface area contributed by atoms with Gasteiger partial charge in [0.2, 0.25) is 0 Å².